The number of benzene rings is 1. The van der Waals surface area contributed by atoms with Gasteiger partial charge in [0.2, 0.25) is 0 Å². The predicted octanol–water partition coefficient (Wildman–Crippen LogP) is 3.68. The molecule has 0 bridgehead atoms. The van der Waals surface area contributed by atoms with Crippen molar-refractivity contribution in [2.24, 2.45) is 0 Å². The second-order valence-corrected chi connectivity index (χ2v) is 4.02. The van der Waals surface area contributed by atoms with Gasteiger partial charge >= 0.3 is 0 Å². The number of rotatable bonds is 1. The lowest BCUT2D eigenvalue weighted by atomic mass is 10.3. The number of hydrogen-bond acceptors (Lipinski definition) is 1. The number of aromatic nitrogens is 2. The lowest BCUT2D eigenvalue weighted by Crippen LogP contribution is -1.92. The molecule has 0 aliphatic carbocycles. The molecule has 1 aromatic carbocycles. The number of pyridine rings is 1. The maximum absolute atomic E-state index is 5.98. The van der Waals surface area contributed by atoms with Crippen LogP contribution >= 0.6 is 11.6 Å². The summed E-state index contributed by atoms with van der Waals surface area (Å²) in [5.74, 6) is 0. The lowest BCUT2D eigenvalue weighted by Gasteiger charge is -2.04. The van der Waals surface area contributed by atoms with E-state index in [9.17, 15) is 0 Å². The molecule has 3 heteroatoms. The molecule has 0 aliphatic heterocycles. The molecule has 3 aromatic rings. The summed E-state index contributed by atoms with van der Waals surface area (Å²) in [7, 11) is 0. The largest absolute Gasteiger partial charge is 0.301 e. The topological polar surface area (TPSA) is 17.8 Å². The first-order chi connectivity index (χ1) is 7.84. The third-order valence-electron chi connectivity index (χ3n) is 2.53. The van der Waals surface area contributed by atoms with Crippen LogP contribution in [-0.2, 0) is 0 Å². The van der Waals surface area contributed by atoms with E-state index in [2.05, 4.69) is 4.98 Å². The van der Waals surface area contributed by atoms with Crippen LogP contribution in [0.25, 0.3) is 16.7 Å². The van der Waals surface area contributed by atoms with Crippen LogP contribution in [0, 0.1) is 0 Å². The standard InChI is InChI=1S/C13H9ClN2/c14-11-4-1-5-12(9-11)16-8-6-10-3-2-7-15-13(10)16/h1-9H. The number of nitrogens with zero attached hydrogens (tertiary/aromatic N) is 2. The molecule has 0 saturated heterocycles. The summed E-state index contributed by atoms with van der Waals surface area (Å²) in [6.45, 7) is 0. The van der Waals surface area contributed by atoms with Crippen LogP contribution in [-0.4, -0.2) is 9.55 Å². The van der Waals surface area contributed by atoms with Gasteiger partial charge in [0.25, 0.3) is 0 Å². The van der Waals surface area contributed by atoms with Crippen LogP contribution in [0.5, 0.6) is 0 Å². The van der Waals surface area contributed by atoms with E-state index in [1.807, 2.05) is 53.2 Å². The van der Waals surface area contributed by atoms with E-state index in [1.165, 1.54) is 0 Å². The molecule has 3 rings (SSSR count). The Balaban J connectivity index is 2.26. The Morgan fingerprint density at radius 3 is 2.88 bits per heavy atom. The summed E-state index contributed by atoms with van der Waals surface area (Å²) in [6, 6.07) is 13.8. The molecular formula is C13H9ClN2. The van der Waals surface area contributed by atoms with Crippen LogP contribution in [0.15, 0.2) is 54.9 Å². The summed E-state index contributed by atoms with van der Waals surface area (Å²) in [5.41, 5.74) is 1.98. The van der Waals surface area contributed by atoms with Crippen molar-refractivity contribution in [3.63, 3.8) is 0 Å². The van der Waals surface area contributed by atoms with Crippen molar-refractivity contribution in [3.8, 4) is 5.69 Å². The van der Waals surface area contributed by atoms with Crippen molar-refractivity contribution in [1.29, 1.82) is 0 Å². The maximum Gasteiger partial charge on any atom is 0.144 e. The van der Waals surface area contributed by atoms with Gasteiger partial charge in [-0.2, -0.15) is 0 Å². The highest BCUT2D eigenvalue weighted by Gasteiger charge is 2.03. The summed E-state index contributed by atoms with van der Waals surface area (Å²) < 4.78 is 2.03. The normalized spacial score (nSPS) is 10.8. The van der Waals surface area contributed by atoms with Gasteiger partial charge in [-0.05, 0) is 36.4 Å². The molecule has 2 heterocycles. The van der Waals surface area contributed by atoms with Gasteiger partial charge in [-0.25, -0.2) is 4.98 Å². The Bertz CT molecular complexity index is 643. The molecule has 16 heavy (non-hydrogen) atoms. The lowest BCUT2D eigenvalue weighted by molar-refractivity contribution is 1.09. The molecule has 2 aromatic heterocycles. The number of halogens is 1. The molecule has 0 fully saturated rings. The first-order valence-electron chi connectivity index (χ1n) is 5.02. The minimum atomic E-state index is 0.732. The Morgan fingerprint density at radius 1 is 1.06 bits per heavy atom. The van der Waals surface area contributed by atoms with E-state index in [4.69, 9.17) is 11.6 Å². The van der Waals surface area contributed by atoms with Gasteiger partial charge in [-0.1, -0.05) is 17.7 Å². The minimum absolute atomic E-state index is 0.732. The van der Waals surface area contributed by atoms with Gasteiger partial charge in [0.15, 0.2) is 0 Å². The summed E-state index contributed by atoms with van der Waals surface area (Å²) >= 11 is 5.98. The average Bonchev–Trinajstić information content (AvgIpc) is 2.72. The average molecular weight is 229 g/mol. The molecular weight excluding hydrogens is 220 g/mol. The molecule has 0 spiro atoms. The van der Waals surface area contributed by atoms with Crippen molar-refractivity contribution >= 4 is 22.6 Å². The fourth-order valence-corrected chi connectivity index (χ4v) is 1.99. The third kappa shape index (κ3) is 1.48. The highest BCUT2D eigenvalue weighted by molar-refractivity contribution is 6.30. The summed E-state index contributed by atoms with van der Waals surface area (Å²) in [4.78, 5) is 4.37. The molecule has 0 N–H and O–H groups in total. The summed E-state index contributed by atoms with van der Waals surface area (Å²) in [6.07, 6.45) is 3.80. The van der Waals surface area contributed by atoms with Gasteiger partial charge in [0.05, 0.1) is 0 Å². The quantitative estimate of drug-likeness (QED) is 0.621. The minimum Gasteiger partial charge on any atom is -0.301 e. The zero-order chi connectivity index (χ0) is 11.0. The Hall–Kier alpha value is -1.80. The van der Waals surface area contributed by atoms with E-state index in [0.717, 1.165) is 21.7 Å². The van der Waals surface area contributed by atoms with Crippen LogP contribution in [0.3, 0.4) is 0 Å². The Kier molecular flexibility index (Phi) is 2.15. The molecule has 0 amide bonds. The Morgan fingerprint density at radius 2 is 2.00 bits per heavy atom. The fraction of sp³-hybridized carbons (Fsp3) is 0. The highest BCUT2D eigenvalue weighted by atomic mass is 35.5. The van der Waals surface area contributed by atoms with Crippen LogP contribution in [0.1, 0.15) is 0 Å². The van der Waals surface area contributed by atoms with Crippen LogP contribution in [0.2, 0.25) is 5.02 Å². The van der Waals surface area contributed by atoms with E-state index < -0.39 is 0 Å². The van der Waals surface area contributed by atoms with Gasteiger partial charge in [0.1, 0.15) is 5.65 Å². The molecule has 0 atom stereocenters. The maximum atomic E-state index is 5.98. The molecule has 78 valence electrons. The van der Waals surface area contributed by atoms with Crippen molar-refractivity contribution in [2.45, 2.75) is 0 Å². The molecule has 0 unspecified atom stereocenters. The zero-order valence-electron chi connectivity index (χ0n) is 8.47. The van der Waals surface area contributed by atoms with Crippen molar-refractivity contribution < 1.29 is 0 Å². The van der Waals surface area contributed by atoms with Gasteiger partial charge in [-0.15, -0.1) is 0 Å². The van der Waals surface area contributed by atoms with Crippen molar-refractivity contribution in [3.05, 3.63) is 59.9 Å². The number of fused-ring (bicyclic) bond motifs is 1. The first kappa shape index (κ1) is 9.43. The smallest absolute Gasteiger partial charge is 0.144 e. The van der Waals surface area contributed by atoms with E-state index >= 15 is 0 Å². The van der Waals surface area contributed by atoms with E-state index in [1.54, 1.807) is 6.20 Å². The van der Waals surface area contributed by atoms with Crippen molar-refractivity contribution in [2.75, 3.05) is 0 Å². The second-order valence-electron chi connectivity index (χ2n) is 3.58. The monoisotopic (exact) mass is 228 g/mol. The van der Waals surface area contributed by atoms with E-state index in [0.29, 0.717) is 0 Å². The first-order valence-corrected chi connectivity index (χ1v) is 5.40. The van der Waals surface area contributed by atoms with Gasteiger partial charge in [-0.3, -0.25) is 0 Å². The third-order valence-corrected chi connectivity index (χ3v) is 2.77. The van der Waals surface area contributed by atoms with E-state index in [-0.39, 0.29) is 0 Å². The Labute approximate surface area is 98.1 Å². The highest BCUT2D eigenvalue weighted by Crippen LogP contribution is 2.20. The summed E-state index contributed by atoms with van der Waals surface area (Å²) in [5, 5.41) is 1.86. The molecule has 0 aliphatic rings. The van der Waals surface area contributed by atoms with Gasteiger partial charge in [0, 0.05) is 28.5 Å². The second kappa shape index (κ2) is 3.65. The van der Waals surface area contributed by atoms with Crippen LogP contribution < -0.4 is 0 Å². The SMILES string of the molecule is Clc1cccc(-n2ccc3cccnc32)c1. The van der Waals surface area contributed by atoms with Gasteiger partial charge < -0.3 is 4.57 Å². The van der Waals surface area contributed by atoms with Crippen molar-refractivity contribution in [1.82, 2.24) is 9.55 Å². The molecule has 0 radical (unpaired) electrons. The predicted molar refractivity (Wildman–Crippen MR) is 66.1 cm³/mol. The fourth-order valence-electron chi connectivity index (χ4n) is 1.80. The number of hydrogen-bond donors (Lipinski definition) is 0. The molecule has 0 saturated carbocycles. The van der Waals surface area contributed by atoms with Crippen LogP contribution in [0.4, 0.5) is 0 Å². The zero-order valence-corrected chi connectivity index (χ0v) is 9.22. The molecule has 2 nitrogen and oxygen atoms in total.